The van der Waals surface area contributed by atoms with E-state index in [1.165, 1.54) is 6.42 Å². The van der Waals surface area contributed by atoms with Gasteiger partial charge in [-0.2, -0.15) is 0 Å². The molecule has 0 unspecified atom stereocenters. The Morgan fingerprint density at radius 3 is 2.38 bits per heavy atom. The van der Waals surface area contributed by atoms with E-state index >= 15 is 0 Å². The molecule has 1 heterocycles. The number of nitrogens with zero attached hydrogens (tertiary/aromatic N) is 1. The average Bonchev–Trinajstić information content (AvgIpc) is 2.56. The summed E-state index contributed by atoms with van der Waals surface area (Å²) >= 11 is 0. The number of carbonyl (C=O) groups is 1. The zero-order chi connectivity index (χ0) is 15.2. The number of likely N-dealkylation sites (tertiary alicyclic amines) is 1. The topological polar surface area (TPSA) is 37.4 Å². The second kappa shape index (κ2) is 7.74. The average molecular weight is 307 g/mol. The van der Waals surface area contributed by atoms with Gasteiger partial charge >= 0.3 is 0 Å². The molecule has 116 valence electrons. The van der Waals surface area contributed by atoms with Crippen molar-refractivity contribution in [2.24, 2.45) is 0 Å². The Morgan fingerprint density at radius 2 is 1.81 bits per heavy atom. The van der Waals surface area contributed by atoms with E-state index < -0.39 is 16.0 Å². The number of rotatable bonds is 5. The zero-order valence-electron chi connectivity index (χ0n) is 13.0. The molecule has 1 aliphatic heterocycles. The second-order valence-electron chi connectivity index (χ2n) is 5.66. The van der Waals surface area contributed by atoms with Crippen molar-refractivity contribution < 1.29 is 9.00 Å². The predicted molar refractivity (Wildman–Crippen MR) is 87.5 cm³/mol. The Labute approximate surface area is 130 Å². The number of amides is 1. The smallest absolute Gasteiger partial charge is 0.238 e. The molecule has 1 aromatic rings. The zero-order valence-corrected chi connectivity index (χ0v) is 13.8. The van der Waals surface area contributed by atoms with E-state index in [4.69, 9.17) is 0 Å². The standard InChI is InChI=1S/C17H25NO2S/c1-3-16(15-10-6-4-7-11-15)21(20)14(2)17(19)18-12-8-5-9-13-18/h4,6-7,10-11,14,16H,3,5,8-9,12-13H2,1-2H3/t14-,16+,21+/m0/s1. The van der Waals surface area contributed by atoms with Gasteiger partial charge in [0.2, 0.25) is 5.91 Å². The van der Waals surface area contributed by atoms with Gasteiger partial charge in [-0.1, -0.05) is 37.3 Å². The molecule has 1 aromatic carbocycles. The summed E-state index contributed by atoms with van der Waals surface area (Å²) in [5, 5.41) is -0.483. The van der Waals surface area contributed by atoms with Gasteiger partial charge in [0.1, 0.15) is 5.25 Å². The van der Waals surface area contributed by atoms with Crippen LogP contribution in [0.1, 0.15) is 50.3 Å². The maximum atomic E-state index is 12.8. The summed E-state index contributed by atoms with van der Waals surface area (Å²) in [6, 6.07) is 9.90. The molecule has 0 radical (unpaired) electrons. The molecule has 2 rings (SSSR count). The molecular weight excluding hydrogens is 282 g/mol. The van der Waals surface area contributed by atoms with Crippen LogP contribution in [0.2, 0.25) is 0 Å². The van der Waals surface area contributed by atoms with Crippen LogP contribution in [-0.4, -0.2) is 33.4 Å². The first-order chi connectivity index (χ1) is 10.1. The summed E-state index contributed by atoms with van der Waals surface area (Å²) in [7, 11) is -1.18. The van der Waals surface area contributed by atoms with Crippen molar-refractivity contribution in [3.8, 4) is 0 Å². The first-order valence-corrected chi connectivity index (χ1v) is 9.16. The van der Waals surface area contributed by atoms with Gasteiger partial charge < -0.3 is 4.90 Å². The van der Waals surface area contributed by atoms with Gasteiger partial charge in [-0.15, -0.1) is 0 Å². The predicted octanol–water partition coefficient (Wildman–Crippen LogP) is 3.29. The van der Waals surface area contributed by atoms with E-state index in [1.807, 2.05) is 49.1 Å². The Morgan fingerprint density at radius 1 is 1.19 bits per heavy atom. The van der Waals surface area contributed by atoms with Crippen LogP contribution in [0, 0.1) is 0 Å². The van der Waals surface area contributed by atoms with Crippen LogP contribution in [0.5, 0.6) is 0 Å². The lowest BCUT2D eigenvalue weighted by Crippen LogP contribution is -2.43. The van der Waals surface area contributed by atoms with Crippen molar-refractivity contribution >= 4 is 16.7 Å². The van der Waals surface area contributed by atoms with Gasteiger partial charge in [0.25, 0.3) is 0 Å². The second-order valence-corrected chi connectivity index (χ2v) is 7.60. The van der Waals surface area contributed by atoms with E-state index in [1.54, 1.807) is 0 Å². The lowest BCUT2D eigenvalue weighted by atomic mass is 10.1. The molecule has 1 saturated heterocycles. The number of hydrogen-bond acceptors (Lipinski definition) is 2. The molecule has 3 nitrogen and oxygen atoms in total. The molecule has 1 aliphatic rings. The van der Waals surface area contributed by atoms with Crippen molar-refractivity contribution in [1.82, 2.24) is 4.90 Å². The van der Waals surface area contributed by atoms with Crippen molar-refractivity contribution in [3.63, 3.8) is 0 Å². The Hall–Kier alpha value is -1.16. The van der Waals surface area contributed by atoms with Gasteiger partial charge in [-0.05, 0) is 38.2 Å². The van der Waals surface area contributed by atoms with E-state index in [9.17, 15) is 9.00 Å². The molecule has 21 heavy (non-hydrogen) atoms. The quantitative estimate of drug-likeness (QED) is 0.837. The van der Waals surface area contributed by atoms with Crippen LogP contribution in [0.3, 0.4) is 0 Å². The highest BCUT2D eigenvalue weighted by molar-refractivity contribution is 7.86. The minimum atomic E-state index is -1.18. The van der Waals surface area contributed by atoms with Crippen LogP contribution in [0.15, 0.2) is 30.3 Å². The van der Waals surface area contributed by atoms with Crippen molar-refractivity contribution in [2.75, 3.05) is 13.1 Å². The van der Waals surface area contributed by atoms with E-state index in [0.717, 1.165) is 37.9 Å². The first kappa shape index (κ1) is 16.2. The van der Waals surface area contributed by atoms with Crippen LogP contribution >= 0.6 is 0 Å². The summed E-state index contributed by atoms with van der Waals surface area (Å²) in [6.45, 7) is 5.50. The number of piperidine rings is 1. The molecule has 0 bridgehead atoms. The van der Waals surface area contributed by atoms with Gasteiger partial charge in [0.15, 0.2) is 0 Å². The van der Waals surface area contributed by atoms with E-state index in [0.29, 0.717) is 0 Å². The summed E-state index contributed by atoms with van der Waals surface area (Å²) in [6.07, 6.45) is 4.12. The molecule has 0 saturated carbocycles. The summed E-state index contributed by atoms with van der Waals surface area (Å²) in [4.78, 5) is 14.4. The molecule has 0 aromatic heterocycles. The molecule has 0 spiro atoms. The van der Waals surface area contributed by atoms with Crippen LogP contribution in [0.4, 0.5) is 0 Å². The number of carbonyl (C=O) groups excluding carboxylic acids is 1. The fraction of sp³-hybridized carbons (Fsp3) is 0.588. The van der Waals surface area contributed by atoms with Crippen molar-refractivity contribution in [2.45, 2.75) is 50.0 Å². The molecule has 4 heteroatoms. The van der Waals surface area contributed by atoms with Gasteiger partial charge in [-0.3, -0.25) is 9.00 Å². The first-order valence-electron chi connectivity index (χ1n) is 7.88. The fourth-order valence-electron chi connectivity index (χ4n) is 2.92. The van der Waals surface area contributed by atoms with Gasteiger partial charge in [0.05, 0.1) is 5.25 Å². The summed E-state index contributed by atoms with van der Waals surface area (Å²) in [5.41, 5.74) is 1.07. The highest BCUT2D eigenvalue weighted by Gasteiger charge is 2.30. The summed E-state index contributed by atoms with van der Waals surface area (Å²) in [5.74, 6) is 0.0578. The largest absolute Gasteiger partial charge is 0.342 e. The number of benzene rings is 1. The molecule has 3 atom stereocenters. The van der Waals surface area contributed by atoms with Crippen LogP contribution < -0.4 is 0 Å². The Balaban J connectivity index is 2.08. The molecule has 1 amide bonds. The summed E-state index contributed by atoms with van der Waals surface area (Å²) < 4.78 is 12.8. The van der Waals surface area contributed by atoms with Crippen molar-refractivity contribution in [3.05, 3.63) is 35.9 Å². The normalized spacial score (nSPS) is 19.8. The minimum absolute atomic E-state index is 0.0578. The lowest BCUT2D eigenvalue weighted by molar-refractivity contribution is -0.131. The Bertz CT molecular complexity index is 483. The third kappa shape index (κ3) is 3.94. The van der Waals surface area contributed by atoms with E-state index in [2.05, 4.69) is 0 Å². The lowest BCUT2D eigenvalue weighted by Gasteiger charge is -2.30. The molecule has 0 aliphatic carbocycles. The van der Waals surface area contributed by atoms with E-state index in [-0.39, 0.29) is 11.2 Å². The minimum Gasteiger partial charge on any atom is -0.342 e. The number of hydrogen-bond donors (Lipinski definition) is 0. The SMILES string of the molecule is CC[C@H](c1ccccc1)[S@](=O)[C@@H](C)C(=O)N1CCCCC1. The molecule has 1 fully saturated rings. The van der Waals surface area contributed by atoms with Crippen LogP contribution in [0.25, 0.3) is 0 Å². The highest BCUT2D eigenvalue weighted by atomic mass is 32.2. The van der Waals surface area contributed by atoms with Gasteiger partial charge in [-0.25, -0.2) is 0 Å². The Kier molecular flexibility index (Phi) is 5.97. The third-order valence-electron chi connectivity index (χ3n) is 4.19. The highest BCUT2D eigenvalue weighted by Crippen LogP contribution is 2.27. The molecule has 0 N–H and O–H groups in total. The monoisotopic (exact) mass is 307 g/mol. The van der Waals surface area contributed by atoms with Crippen LogP contribution in [-0.2, 0) is 15.6 Å². The maximum Gasteiger partial charge on any atom is 0.238 e. The molecular formula is C17H25NO2S. The third-order valence-corrected chi connectivity index (χ3v) is 6.25. The fourth-order valence-corrected chi connectivity index (χ4v) is 4.51. The van der Waals surface area contributed by atoms with Gasteiger partial charge in [0, 0.05) is 23.9 Å². The maximum absolute atomic E-state index is 12.8. The van der Waals surface area contributed by atoms with Crippen molar-refractivity contribution in [1.29, 1.82) is 0 Å².